The summed E-state index contributed by atoms with van der Waals surface area (Å²) in [6, 6.07) is 14.1. The number of benzene rings is 1. The Morgan fingerprint density at radius 1 is 1.11 bits per heavy atom. The number of aromatic nitrogens is 1. The molecule has 1 aromatic heterocycles. The zero-order valence-corrected chi connectivity index (χ0v) is 16.8. The molecule has 1 aromatic carbocycles. The predicted molar refractivity (Wildman–Crippen MR) is 115 cm³/mol. The summed E-state index contributed by atoms with van der Waals surface area (Å²) >= 11 is 0. The van der Waals surface area contributed by atoms with Crippen LogP contribution in [-0.4, -0.2) is 60.0 Å². The van der Waals surface area contributed by atoms with Gasteiger partial charge in [0, 0.05) is 45.5 Å². The van der Waals surface area contributed by atoms with E-state index in [-0.39, 0.29) is 5.91 Å². The Bertz CT molecular complexity index is 763. The van der Waals surface area contributed by atoms with Crippen molar-refractivity contribution in [1.29, 1.82) is 0 Å². The molecule has 3 rings (SSSR count). The van der Waals surface area contributed by atoms with Crippen LogP contribution in [0.1, 0.15) is 29.8 Å². The number of rotatable bonds is 7. The summed E-state index contributed by atoms with van der Waals surface area (Å²) in [4.78, 5) is 21.4. The Balaban J connectivity index is 1.45. The highest BCUT2D eigenvalue weighted by molar-refractivity contribution is 5.94. The van der Waals surface area contributed by atoms with E-state index in [0.29, 0.717) is 11.5 Å². The third kappa shape index (κ3) is 5.92. The molecule has 5 heteroatoms. The van der Waals surface area contributed by atoms with Crippen LogP contribution >= 0.6 is 0 Å². The molecule has 0 saturated carbocycles. The summed E-state index contributed by atoms with van der Waals surface area (Å²) in [6.07, 6.45) is 6.03. The Morgan fingerprint density at radius 2 is 1.86 bits per heavy atom. The highest BCUT2D eigenvalue weighted by Crippen LogP contribution is 2.11. The first-order valence-electron chi connectivity index (χ1n) is 10.0. The summed E-state index contributed by atoms with van der Waals surface area (Å²) in [5.74, 6) is 1.45. The van der Waals surface area contributed by atoms with Crippen molar-refractivity contribution in [3.63, 3.8) is 0 Å². The van der Waals surface area contributed by atoms with E-state index in [9.17, 15) is 4.79 Å². The average molecular weight is 379 g/mol. The van der Waals surface area contributed by atoms with Gasteiger partial charge in [-0.1, -0.05) is 56.3 Å². The molecule has 0 radical (unpaired) electrons. The predicted octanol–water partition coefficient (Wildman–Crippen LogP) is 3.62. The molecule has 28 heavy (non-hydrogen) atoms. The first-order valence-corrected chi connectivity index (χ1v) is 10.0. The van der Waals surface area contributed by atoms with Crippen LogP contribution in [0.15, 0.2) is 54.7 Å². The van der Waals surface area contributed by atoms with E-state index in [1.807, 2.05) is 35.2 Å². The number of anilines is 1. The standard InChI is InChI=1S/C23H30N4O/c1-19(2)17-24-22-11-10-21(18-25-22)23(28)27-15-13-26(14-16-27)12-6-9-20-7-4-3-5-8-20/h3-11,18-19H,12-17H2,1-2H3,(H,24,25)/b9-6+. The third-order valence-corrected chi connectivity index (χ3v) is 4.83. The Labute approximate surface area is 168 Å². The van der Waals surface area contributed by atoms with Crippen LogP contribution in [0.3, 0.4) is 0 Å². The van der Waals surface area contributed by atoms with Crippen molar-refractivity contribution in [2.45, 2.75) is 13.8 Å². The monoisotopic (exact) mass is 378 g/mol. The quantitative estimate of drug-likeness (QED) is 0.799. The first kappa shape index (κ1) is 20.1. The first-order chi connectivity index (χ1) is 13.6. The van der Waals surface area contributed by atoms with Crippen molar-refractivity contribution < 1.29 is 4.79 Å². The van der Waals surface area contributed by atoms with Gasteiger partial charge in [-0.2, -0.15) is 0 Å². The van der Waals surface area contributed by atoms with E-state index >= 15 is 0 Å². The third-order valence-electron chi connectivity index (χ3n) is 4.83. The van der Waals surface area contributed by atoms with Crippen LogP contribution in [0.25, 0.3) is 6.08 Å². The van der Waals surface area contributed by atoms with Crippen molar-refractivity contribution in [3.8, 4) is 0 Å². The van der Waals surface area contributed by atoms with Crippen molar-refractivity contribution in [2.24, 2.45) is 5.92 Å². The molecule has 1 amide bonds. The second kappa shape index (κ2) is 10.0. The van der Waals surface area contributed by atoms with E-state index in [1.165, 1.54) is 5.56 Å². The van der Waals surface area contributed by atoms with Gasteiger partial charge in [0.05, 0.1) is 5.56 Å². The maximum absolute atomic E-state index is 12.7. The number of piperazine rings is 1. The molecule has 2 aromatic rings. The number of nitrogens with zero attached hydrogens (tertiary/aromatic N) is 3. The molecule has 1 aliphatic heterocycles. The maximum atomic E-state index is 12.7. The van der Waals surface area contributed by atoms with Gasteiger partial charge in [-0.3, -0.25) is 9.69 Å². The summed E-state index contributed by atoms with van der Waals surface area (Å²) in [5.41, 5.74) is 1.88. The van der Waals surface area contributed by atoms with Crippen molar-refractivity contribution in [3.05, 3.63) is 65.9 Å². The normalized spacial score (nSPS) is 15.3. The smallest absolute Gasteiger partial charge is 0.255 e. The van der Waals surface area contributed by atoms with Gasteiger partial charge in [0.1, 0.15) is 5.82 Å². The fraction of sp³-hybridized carbons (Fsp3) is 0.391. The topological polar surface area (TPSA) is 48.5 Å². The molecule has 0 atom stereocenters. The second-order valence-electron chi connectivity index (χ2n) is 7.61. The molecule has 0 aliphatic carbocycles. The number of pyridine rings is 1. The van der Waals surface area contributed by atoms with E-state index in [1.54, 1.807) is 6.20 Å². The average Bonchev–Trinajstić information content (AvgIpc) is 2.73. The van der Waals surface area contributed by atoms with Crippen LogP contribution in [0.2, 0.25) is 0 Å². The van der Waals surface area contributed by atoms with Gasteiger partial charge in [0.2, 0.25) is 0 Å². The Morgan fingerprint density at radius 3 is 2.50 bits per heavy atom. The minimum absolute atomic E-state index is 0.0717. The Kier molecular flexibility index (Phi) is 7.20. The molecular weight excluding hydrogens is 348 g/mol. The minimum Gasteiger partial charge on any atom is -0.370 e. The number of nitrogens with one attached hydrogen (secondary N) is 1. The molecule has 1 saturated heterocycles. The molecule has 1 N–H and O–H groups in total. The lowest BCUT2D eigenvalue weighted by molar-refractivity contribution is 0.0650. The van der Waals surface area contributed by atoms with Crippen molar-refractivity contribution >= 4 is 17.8 Å². The van der Waals surface area contributed by atoms with Gasteiger partial charge in [-0.15, -0.1) is 0 Å². The maximum Gasteiger partial charge on any atom is 0.255 e. The summed E-state index contributed by atoms with van der Waals surface area (Å²) in [6.45, 7) is 9.40. The molecule has 1 fully saturated rings. The molecular formula is C23H30N4O. The summed E-state index contributed by atoms with van der Waals surface area (Å²) in [5, 5.41) is 3.28. The van der Waals surface area contributed by atoms with Gasteiger partial charge < -0.3 is 10.2 Å². The highest BCUT2D eigenvalue weighted by atomic mass is 16.2. The molecule has 0 bridgehead atoms. The van der Waals surface area contributed by atoms with Crippen molar-refractivity contribution in [1.82, 2.24) is 14.8 Å². The van der Waals surface area contributed by atoms with Gasteiger partial charge in [0.25, 0.3) is 5.91 Å². The number of carbonyl (C=O) groups is 1. The van der Waals surface area contributed by atoms with E-state index in [0.717, 1.165) is 45.1 Å². The second-order valence-corrected chi connectivity index (χ2v) is 7.61. The SMILES string of the molecule is CC(C)CNc1ccc(C(=O)N2CCN(C/C=C/c3ccccc3)CC2)cn1. The molecule has 1 aliphatic rings. The van der Waals surface area contributed by atoms with Gasteiger partial charge in [-0.05, 0) is 23.6 Å². The summed E-state index contributed by atoms with van der Waals surface area (Å²) in [7, 11) is 0. The number of hydrogen-bond donors (Lipinski definition) is 1. The zero-order valence-electron chi connectivity index (χ0n) is 16.8. The van der Waals surface area contributed by atoms with Crippen LogP contribution in [0.5, 0.6) is 0 Å². The minimum atomic E-state index is 0.0717. The van der Waals surface area contributed by atoms with Gasteiger partial charge in [-0.25, -0.2) is 4.98 Å². The lowest BCUT2D eigenvalue weighted by Gasteiger charge is -2.34. The van der Waals surface area contributed by atoms with Crippen LogP contribution in [0, 0.1) is 5.92 Å². The van der Waals surface area contributed by atoms with Crippen LogP contribution in [-0.2, 0) is 0 Å². The largest absolute Gasteiger partial charge is 0.370 e. The molecule has 0 spiro atoms. The molecule has 5 nitrogen and oxygen atoms in total. The molecule has 148 valence electrons. The Hall–Kier alpha value is -2.66. The van der Waals surface area contributed by atoms with E-state index in [2.05, 4.69) is 53.3 Å². The molecule has 2 heterocycles. The highest BCUT2D eigenvalue weighted by Gasteiger charge is 2.21. The van der Waals surface area contributed by atoms with Crippen LogP contribution < -0.4 is 5.32 Å². The number of carbonyl (C=O) groups excluding carboxylic acids is 1. The van der Waals surface area contributed by atoms with Crippen molar-refractivity contribution in [2.75, 3.05) is 44.6 Å². The van der Waals surface area contributed by atoms with E-state index < -0.39 is 0 Å². The number of hydrogen-bond acceptors (Lipinski definition) is 4. The van der Waals surface area contributed by atoms with Gasteiger partial charge >= 0.3 is 0 Å². The number of amides is 1. The lowest BCUT2D eigenvalue weighted by Crippen LogP contribution is -2.48. The van der Waals surface area contributed by atoms with E-state index in [4.69, 9.17) is 0 Å². The fourth-order valence-electron chi connectivity index (χ4n) is 3.15. The molecule has 0 unspecified atom stereocenters. The van der Waals surface area contributed by atoms with Gasteiger partial charge in [0.15, 0.2) is 0 Å². The fourth-order valence-corrected chi connectivity index (χ4v) is 3.15. The van der Waals surface area contributed by atoms with Crippen LogP contribution in [0.4, 0.5) is 5.82 Å². The lowest BCUT2D eigenvalue weighted by atomic mass is 10.2. The summed E-state index contributed by atoms with van der Waals surface area (Å²) < 4.78 is 0. The zero-order chi connectivity index (χ0) is 19.8.